The molecule has 1 unspecified atom stereocenters. The van der Waals surface area contributed by atoms with Crippen LogP contribution in [0.5, 0.6) is 0 Å². The maximum Gasteiger partial charge on any atom is 0.220 e. The van der Waals surface area contributed by atoms with E-state index in [-0.39, 0.29) is 17.9 Å². The first-order chi connectivity index (χ1) is 18.1. The minimum Gasteiger partial charge on any atom is -0.398 e. The van der Waals surface area contributed by atoms with E-state index in [4.69, 9.17) is 15.8 Å². The molecule has 7 N–H and O–H groups in total. The highest BCUT2D eigenvalue weighted by molar-refractivity contribution is 8.03. The minimum atomic E-state index is -0.333. The summed E-state index contributed by atoms with van der Waals surface area (Å²) in [4.78, 5) is 31.7. The van der Waals surface area contributed by atoms with Gasteiger partial charge in [0.05, 0.1) is 6.07 Å². The first kappa shape index (κ1) is 37.1. The summed E-state index contributed by atoms with van der Waals surface area (Å²) in [5, 5.41) is 12.3. The number of nitriles is 1. The normalized spacial score (nSPS) is 12.9. The van der Waals surface area contributed by atoms with Crippen LogP contribution < -0.4 is 22.5 Å². The molecule has 38 heavy (non-hydrogen) atoms. The lowest BCUT2D eigenvalue weighted by Crippen LogP contribution is -2.36. The third-order valence-corrected chi connectivity index (χ3v) is 6.80. The number of primary amides is 1. The van der Waals surface area contributed by atoms with Crippen LogP contribution in [0.4, 0.5) is 5.69 Å². The maximum atomic E-state index is 12.6. The highest BCUT2D eigenvalue weighted by atomic mass is 32.2. The molecule has 1 aromatic rings. The van der Waals surface area contributed by atoms with Crippen molar-refractivity contribution in [1.29, 1.82) is 5.26 Å². The fourth-order valence-electron chi connectivity index (χ4n) is 4.01. The number of nitrogen functional groups attached to an aromatic ring is 1. The molecule has 0 heterocycles. The quantitative estimate of drug-likeness (QED) is 0.172. The predicted molar refractivity (Wildman–Crippen MR) is 159 cm³/mol. The van der Waals surface area contributed by atoms with Crippen LogP contribution in [0, 0.1) is 17.2 Å². The molecule has 9 heteroatoms. The van der Waals surface area contributed by atoms with Crippen molar-refractivity contribution in [2.24, 2.45) is 17.4 Å². The van der Waals surface area contributed by atoms with Crippen molar-refractivity contribution in [3.05, 3.63) is 47.4 Å². The van der Waals surface area contributed by atoms with E-state index in [9.17, 15) is 9.59 Å². The van der Waals surface area contributed by atoms with Gasteiger partial charge in [-0.05, 0) is 54.8 Å². The van der Waals surface area contributed by atoms with Gasteiger partial charge in [-0.1, -0.05) is 70.0 Å². The van der Waals surface area contributed by atoms with Crippen LogP contribution in [-0.4, -0.2) is 31.7 Å². The summed E-state index contributed by atoms with van der Waals surface area (Å²) >= 11 is 1.55. The predicted octanol–water partition coefficient (Wildman–Crippen LogP) is 5.02. The Labute approximate surface area is 233 Å². The van der Waals surface area contributed by atoms with E-state index in [0.29, 0.717) is 30.8 Å². The highest BCUT2D eigenvalue weighted by Crippen LogP contribution is 2.33. The Bertz CT molecular complexity index is 904. The van der Waals surface area contributed by atoms with Gasteiger partial charge in [0.1, 0.15) is 6.79 Å². The maximum absolute atomic E-state index is 12.6. The van der Waals surface area contributed by atoms with Gasteiger partial charge in [0, 0.05) is 42.0 Å². The zero-order valence-electron chi connectivity index (χ0n) is 23.4. The molecular weight excluding hydrogens is 498 g/mol. The Morgan fingerprint density at radius 2 is 1.74 bits per heavy atom. The van der Waals surface area contributed by atoms with Crippen molar-refractivity contribution >= 4 is 36.1 Å². The van der Waals surface area contributed by atoms with Crippen molar-refractivity contribution in [1.82, 2.24) is 5.32 Å². The molecule has 1 aliphatic carbocycles. The Morgan fingerprint density at radius 3 is 2.26 bits per heavy atom. The number of hydrogen-bond acceptors (Lipinski definition) is 7. The van der Waals surface area contributed by atoms with Gasteiger partial charge in [0.15, 0.2) is 0 Å². The van der Waals surface area contributed by atoms with Crippen LogP contribution in [0.25, 0.3) is 0 Å². The lowest BCUT2D eigenvalue weighted by molar-refractivity contribution is -0.122. The third-order valence-electron chi connectivity index (χ3n) is 5.73. The van der Waals surface area contributed by atoms with Crippen molar-refractivity contribution in [3.8, 4) is 6.07 Å². The summed E-state index contributed by atoms with van der Waals surface area (Å²) in [5.41, 5.74) is 17.6. The van der Waals surface area contributed by atoms with Crippen molar-refractivity contribution in [2.75, 3.05) is 12.8 Å². The molecule has 0 spiro atoms. The van der Waals surface area contributed by atoms with Crippen LogP contribution in [0.2, 0.25) is 0 Å². The summed E-state index contributed by atoms with van der Waals surface area (Å²) in [5.74, 6) is 0.313. The van der Waals surface area contributed by atoms with E-state index in [2.05, 4.69) is 49.0 Å². The number of thioether (sulfide) groups is 1. The van der Waals surface area contributed by atoms with Gasteiger partial charge >= 0.3 is 0 Å². The molecule has 1 saturated carbocycles. The summed E-state index contributed by atoms with van der Waals surface area (Å²) in [6, 6.07) is 8.18. The van der Waals surface area contributed by atoms with E-state index in [0.717, 1.165) is 28.3 Å². The van der Waals surface area contributed by atoms with E-state index < -0.39 is 0 Å². The van der Waals surface area contributed by atoms with Gasteiger partial charge < -0.3 is 27.3 Å². The van der Waals surface area contributed by atoms with Crippen LogP contribution in [0.15, 0.2) is 46.7 Å². The molecule has 0 aliphatic heterocycles. The number of carbonyl (C=O) groups excluding carboxylic acids is 3. The second-order valence-electron chi connectivity index (χ2n) is 8.90. The number of allylic oxidation sites excluding steroid dienone is 1. The molecule has 1 aliphatic rings. The molecule has 2 rings (SSSR count). The molecule has 0 saturated heterocycles. The number of anilines is 1. The average molecular weight is 546 g/mol. The Hall–Kier alpha value is -3.09. The van der Waals surface area contributed by atoms with Gasteiger partial charge in [0.25, 0.3) is 0 Å². The van der Waals surface area contributed by atoms with Gasteiger partial charge in [-0.2, -0.15) is 5.26 Å². The number of amides is 2. The molecule has 8 nitrogen and oxygen atoms in total. The minimum absolute atomic E-state index is 0.00875. The molecule has 2 amide bonds. The standard InChI is InChI=1S/C25H35N3OS.C2H5NO.CH5N.CH2O/c1-4-20-11-12-23(27)24(16-20)30-19(3)10-13-25(29)28-22(14-18(2)17-26)15-21-8-6-5-7-9-21;1-2(3)4;2*1-2/h11-12,16,21-22H,2-10,13-15,27H2,1H3,(H,28,29);1H3,(H2,3,4);2H2,1H3;1H2. The van der Waals surface area contributed by atoms with Gasteiger partial charge in [-0.3, -0.25) is 9.59 Å². The second-order valence-corrected chi connectivity index (χ2v) is 10.1. The Morgan fingerprint density at radius 1 is 1.16 bits per heavy atom. The number of aryl methyl sites for hydroxylation is 1. The molecule has 1 atom stereocenters. The third kappa shape index (κ3) is 18.2. The molecular formula is C29H47N5O3S. The molecule has 212 valence electrons. The second kappa shape index (κ2) is 23.1. The van der Waals surface area contributed by atoms with E-state index in [1.165, 1.54) is 51.6 Å². The topological polar surface area (TPSA) is 165 Å². The molecule has 0 bridgehead atoms. The van der Waals surface area contributed by atoms with Crippen LogP contribution in [-0.2, 0) is 20.8 Å². The summed E-state index contributed by atoms with van der Waals surface area (Å²) < 4.78 is 0. The summed E-state index contributed by atoms with van der Waals surface area (Å²) in [6.45, 7) is 13.4. The van der Waals surface area contributed by atoms with Gasteiger partial charge in [-0.25, -0.2) is 0 Å². The lowest BCUT2D eigenvalue weighted by atomic mass is 9.83. The summed E-state index contributed by atoms with van der Waals surface area (Å²) in [6.07, 6.45) is 9.70. The molecule has 1 fully saturated rings. The zero-order valence-corrected chi connectivity index (χ0v) is 24.2. The first-order valence-corrected chi connectivity index (χ1v) is 13.7. The monoisotopic (exact) mass is 545 g/mol. The number of nitrogens with one attached hydrogen (secondary N) is 1. The Balaban J connectivity index is 0. The van der Waals surface area contributed by atoms with Crippen LogP contribution >= 0.6 is 11.8 Å². The molecule has 0 aromatic heterocycles. The zero-order chi connectivity index (χ0) is 29.5. The smallest absolute Gasteiger partial charge is 0.220 e. The number of hydrogen-bond donors (Lipinski definition) is 4. The van der Waals surface area contributed by atoms with Gasteiger partial charge in [-0.15, -0.1) is 0 Å². The van der Waals surface area contributed by atoms with Crippen LogP contribution in [0.3, 0.4) is 0 Å². The number of carbonyl (C=O) groups is 3. The lowest BCUT2D eigenvalue weighted by Gasteiger charge is -2.27. The largest absolute Gasteiger partial charge is 0.398 e. The fraction of sp³-hybridized carbons (Fsp3) is 0.517. The van der Waals surface area contributed by atoms with Crippen molar-refractivity contribution < 1.29 is 14.4 Å². The first-order valence-electron chi connectivity index (χ1n) is 12.9. The van der Waals surface area contributed by atoms with Crippen molar-refractivity contribution in [2.45, 2.75) is 89.0 Å². The number of rotatable bonds is 11. The molecule has 1 aromatic carbocycles. The summed E-state index contributed by atoms with van der Waals surface area (Å²) in [7, 11) is 1.50. The fourth-order valence-corrected chi connectivity index (χ4v) is 4.92. The Kier molecular flexibility index (Phi) is 22.5. The SMILES string of the molecule is C=C(C#N)CC(CC1CCCCC1)NC(=O)CCC(=C)Sc1cc(CC)ccc1N.C=O.CC(N)=O.CN. The number of benzene rings is 1. The molecule has 0 radical (unpaired) electrons. The average Bonchev–Trinajstić information content (AvgIpc) is 2.91. The van der Waals surface area contributed by atoms with E-state index >= 15 is 0 Å². The number of nitrogens with two attached hydrogens (primary N) is 3. The van der Waals surface area contributed by atoms with Crippen LogP contribution in [0.1, 0.15) is 77.2 Å². The number of nitrogens with zero attached hydrogens (tertiary/aromatic N) is 1. The van der Waals surface area contributed by atoms with Crippen molar-refractivity contribution in [3.63, 3.8) is 0 Å². The van der Waals surface area contributed by atoms with E-state index in [1.54, 1.807) is 11.8 Å². The van der Waals surface area contributed by atoms with Gasteiger partial charge in [0.2, 0.25) is 11.8 Å². The van der Waals surface area contributed by atoms with E-state index in [1.807, 2.05) is 18.9 Å². The highest BCUT2D eigenvalue weighted by Gasteiger charge is 2.21.